The Bertz CT molecular complexity index is 1320. The van der Waals surface area contributed by atoms with Gasteiger partial charge in [-0.3, -0.25) is 14.4 Å². The highest BCUT2D eigenvalue weighted by atomic mass is 19.1. The van der Waals surface area contributed by atoms with Gasteiger partial charge in [-0.15, -0.1) is 0 Å². The van der Waals surface area contributed by atoms with E-state index in [2.05, 4.69) is 5.32 Å². The number of likely N-dealkylation sites (tertiary alicyclic amines) is 1. The van der Waals surface area contributed by atoms with Gasteiger partial charge in [-0.25, -0.2) is 9.18 Å². The largest absolute Gasteiger partial charge is 0.459 e. The van der Waals surface area contributed by atoms with Crippen molar-refractivity contribution in [3.63, 3.8) is 0 Å². The molecule has 0 saturated carbocycles. The van der Waals surface area contributed by atoms with Crippen molar-refractivity contribution < 1.29 is 33.0 Å². The topological polar surface area (TPSA) is 102 Å². The summed E-state index contributed by atoms with van der Waals surface area (Å²) in [5, 5.41) is 2.51. The molecule has 2 atom stereocenters. The Hall–Kier alpha value is -4.37. The molecule has 0 spiro atoms. The summed E-state index contributed by atoms with van der Waals surface area (Å²) in [4.78, 5) is 52.2. The average Bonchev–Trinajstić information content (AvgIpc) is 3.32. The molecule has 4 rings (SSSR count). The number of halogens is 1. The van der Waals surface area contributed by atoms with Gasteiger partial charge in [0.25, 0.3) is 5.91 Å². The Kier molecular flexibility index (Phi) is 8.83. The van der Waals surface area contributed by atoms with E-state index < -0.39 is 36.0 Å². The zero-order valence-corrected chi connectivity index (χ0v) is 21.5. The van der Waals surface area contributed by atoms with E-state index >= 15 is 4.39 Å². The van der Waals surface area contributed by atoms with Gasteiger partial charge < -0.3 is 19.7 Å². The second-order valence-electron chi connectivity index (χ2n) is 9.37. The lowest BCUT2D eigenvalue weighted by atomic mass is 10.0. The highest BCUT2D eigenvalue weighted by Crippen LogP contribution is 2.32. The van der Waals surface area contributed by atoms with E-state index in [4.69, 9.17) is 9.47 Å². The van der Waals surface area contributed by atoms with Crippen LogP contribution in [0.2, 0.25) is 0 Å². The van der Waals surface area contributed by atoms with Gasteiger partial charge in [-0.1, -0.05) is 72.8 Å². The second kappa shape index (κ2) is 12.4. The molecule has 1 aliphatic heterocycles. The lowest BCUT2D eigenvalue weighted by Crippen LogP contribution is -2.46. The van der Waals surface area contributed by atoms with Crippen LogP contribution in [0.15, 0.2) is 84.9 Å². The molecule has 0 aromatic heterocycles. The number of nitrogens with zero attached hydrogens (tertiary/aromatic N) is 1. The average molecular weight is 533 g/mol. The van der Waals surface area contributed by atoms with Gasteiger partial charge in [0, 0.05) is 30.2 Å². The first-order chi connectivity index (χ1) is 18.8. The molecule has 3 aromatic rings. The maximum Gasteiger partial charge on any atom is 0.329 e. The molecule has 1 N–H and O–H groups in total. The van der Waals surface area contributed by atoms with Gasteiger partial charge in [0.1, 0.15) is 12.6 Å². The highest BCUT2D eigenvalue weighted by Gasteiger charge is 2.50. The number of ketones is 1. The number of carbonyl (C=O) groups excluding carboxylic acids is 4. The van der Waals surface area contributed by atoms with Crippen LogP contribution in [0.3, 0.4) is 0 Å². The highest BCUT2D eigenvalue weighted by molar-refractivity contribution is 6.09. The van der Waals surface area contributed by atoms with Crippen LogP contribution in [0.5, 0.6) is 0 Å². The summed E-state index contributed by atoms with van der Waals surface area (Å²) in [6.07, 6.45) is -0.273. The van der Waals surface area contributed by atoms with E-state index in [9.17, 15) is 19.2 Å². The molecule has 0 radical (unpaired) electrons. The minimum atomic E-state index is -1.92. The Morgan fingerprint density at radius 1 is 0.897 bits per heavy atom. The SMILES string of the molecule is COC[C@@]1(F)C[C@@H](C(=O)OCc2ccccc2)N(C(=O)CNC(=O)c2ccc(C(=O)c3ccccc3)cc2)C1. The number of amides is 2. The molecule has 202 valence electrons. The van der Waals surface area contributed by atoms with E-state index in [1.54, 1.807) is 48.5 Å². The number of hydrogen-bond acceptors (Lipinski definition) is 6. The third-order valence-corrected chi connectivity index (χ3v) is 6.45. The lowest BCUT2D eigenvalue weighted by molar-refractivity contribution is -0.154. The molecule has 0 bridgehead atoms. The number of methoxy groups -OCH3 is 1. The summed E-state index contributed by atoms with van der Waals surface area (Å²) in [6, 6.07) is 22.7. The summed E-state index contributed by atoms with van der Waals surface area (Å²) in [7, 11) is 1.34. The van der Waals surface area contributed by atoms with Crippen LogP contribution in [-0.4, -0.2) is 67.0 Å². The Morgan fingerprint density at radius 3 is 2.13 bits per heavy atom. The van der Waals surface area contributed by atoms with E-state index in [1.807, 2.05) is 12.1 Å². The summed E-state index contributed by atoms with van der Waals surface area (Å²) in [6.45, 7) is -1.12. The first-order valence-electron chi connectivity index (χ1n) is 12.5. The molecular formula is C30H29FN2O6. The van der Waals surface area contributed by atoms with Crippen LogP contribution in [-0.2, 0) is 25.7 Å². The van der Waals surface area contributed by atoms with Crippen molar-refractivity contribution in [2.45, 2.75) is 24.7 Å². The number of carbonyl (C=O) groups is 4. The normalized spacial score (nSPS) is 18.4. The van der Waals surface area contributed by atoms with Crippen LogP contribution < -0.4 is 5.32 Å². The predicted molar refractivity (Wildman–Crippen MR) is 141 cm³/mol. The van der Waals surface area contributed by atoms with Crippen molar-refractivity contribution in [2.75, 3.05) is 26.8 Å². The fraction of sp³-hybridized carbons (Fsp3) is 0.267. The minimum Gasteiger partial charge on any atom is -0.459 e. The standard InChI is InChI=1S/C30H29FN2O6/c1-38-20-30(31)16-25(29(37)39-18-21-8-4-2-5-9-21)33(19-30)26(34)17-32-28(36)24-14-12-23(13-15-24)27(35)22-10-6-3-7-11-22/h2-15,25H,16-20H2,1H3,(H,32,36)/t25-,30+/m0/s1. The second-order valence-corrected chi connectivity index (χ2v) is 9.37. The Morgan fingerprint density at radius 2 is 1.49 bits per heavy atom. The van der Waals surface area contributed by atoms with Gasteiger partial charge >= 0.3 is 5.97 Å². The molecule has 39 heavy (non-hydrogen) atoms. The summed E-state index contributed by atoms with van der Waals surface area (Å²) < 4.78 is 25.7. The molecule has 1 heterocycles. The fourth-order valence-electron chi connectivity index (χ4n) is 4.49. The predicted octanol–water partition coefficient (Wildman–Crippen LogP) is 3.35. The van der Waals surface area contributed by atoms with Crippen LogP contribution in [0, 0.1) is 0 Å². The van der Waals surface area contributed by atoms with E-state index in [0.717, 1.165) is 10.5 Å². The molecule has 1 fully saturated rings. The van der Waals surface area contributed by atoms with Gasteiger partial charge in [0.05, 0.1) is 19.7 Å². The molecule has 2 amide bonds. The third-order valence-electron chi connectivity index (χ3n) is 6.45. The smallest absolute Gasteiger partial charge is 0.329 e. The number of nitrogens with one attached hydrogen (secondary N) is 1. The maximum absolute atomic E-state index is 15.3. The molecule has 9 heteroatoms. The molecule has 0 unspecified atom stereocenters. The molecule has 3 aromatic carbocycles. The quantitative estimate of drug-likeness (QED) is 0.318. The van der Waals surface area contributed by atoms with E-state index in [0.29, 0.717) is 11.1 Å². The molecular weight excluding hydrogens is 503 g/mol. The van der Waals surface area contributed by atoms with E-state index in [1.165, 1.54) is 31.4 Å². The number of hydrogen-bond donors (Lipinski definition) is 1. The summed E-state index contributed by atoms with van der Waals surface area (Å²) in [5.74, 6) is -2.08. The first kappa shape index (κ1) is 27.7. The van der Waals surface area contributed by atoms with Crippen LogP contribution in [0.25, 0.3) is 0 Å². The lowest BCUT2D eigenvalue weighted by Gasteiger charge is -2.23. The van der Waals surface area contributed by atoms with Gasteiger partial charge in [-0.2, -0.15) is 0 Å². The van der Waals surface area contributed by atoms with Gasteiger partial charge in [0.2, 0.25) is 5.91 Å². The van der Waals surface area contributed by atoms with Crippen molar-refractivity contribution in [2.24, 2.45) is 0 Å². The Labute approximate surface area is 225 Å². The Balaban J connectivity index is 1.37. The van der Waals surface area contributed by atoms with Gasteiger partial charge in [-0.05, 0) is 17.7 Å². The van der Waals surface area contributed by atoms with Crippen LogP contribution >= 0.6 is 0 Å². The first-order valence-corrected chi connectivity index (χ1v) is 12.5. The summed E-state index contributed by atoms with van der Waals surface area (Å²) in [5.41, 5.74) is 0.0208. The molecule has 0 aliphatic carbocycles. The van der Waals surface area contributed by atoms with Crippen molar-refractivity contribution in [3.8, 4) is 0 Å². The van der Waals surface area contributed by atoms with Crippen molar-refractivity contribution in [1.29, 1.82) is 0 Å². The number of esters is 1. The monoisotopic (exact) mass is 532 g/mol. The van der Waals surface area contributed by atoms with Crippen LogP contribution in [0.4, 0.5) is 4.39 Å². The van der Waals surface area contributed by atoms with E-state index in [-0.39, 0.29) is 37.5 Å². The van der Waals surface area contributed by atoms with Gasteiger partial charge in [0.15, 0.2) is 11.5 Å². The zero-order chi connectivity index (χ0) is 27.8. The molecule has 1 saturated heterocycles. The zero-order valence-electron chi connectivity index (χ0n) is 21.5. The van der Waals surface area contributed by atoms with Crippen molar-refractivity contribution in [1.82, 2.24) is 10.2 Å². The van der Waals surface area contributed by atoms with Crippen molar-refractivity contribution in [3.05, 3.63) is 107 Å². The minimum absolute atomic E-state index is 0.0126. The number of benzene rings is 3. The van der Waals surface area contributed by atoms with Crippen LogP contribution in [0.1, 0.15) is 38.3 Å². The number of alkyl halides is 1. The maximum atomic E-state index is 15.3. The fourth-order valence-corrected chi connectivity index (χ4v) is 4.49. The molecule has 1 aliphatic rings. The number of ether oxygens (including phenoxy) is 2. The van der Waals surface area contributed by atoms with Crippen molar-refractivity contribution >= 4 is 23.6 Å². The summed E-state index contributed by atoms with van der Waals surface area (Å²) >= 11 is 0. The third kappa shape index (κ3) is 6.94. The number of rotatable bonds is 10. The molecule has 8 nitrogen and oxygen atoms in total.